The van der Waals surface area contributed by atoms with E-state index < -0.39 is 0 Å². The van der Waals surface area contributed by atoms with Crippen molar-refractivity contribution in [3.8, 4) is 0 Å². The van der Waals surface area contributed by atoms with Crippen molar-refractivity contribution >= 4 is 11.7 Å². The lowest BCUT2D eigenvalue weighted by molar-refractivity contribution is -0.139. The molecule has 0 spiro atoms. The van der Waals surface area contributed by atoms with Crippen LogP contribution in [0, 0.1) is 25.1 Å². The van der Waals surface area contributed by atoms with Gasteiger partial charge in [0, 0.05) is 49.3 Å². The van der Waals surface area contributed by atoms with Crippen LogP contribution in [0.5, 0.6) is 0 Å². The van der Waals surface area contributed by atoms with Gasteiger partial charge in [-0.05, 0) is 25.5 Å². The van der Waals surface area contributed by atoms with Crippen LogP contribution in [0.25, 0.3) is 0 Å². The SMILES string of the molecule is Cc1nc(C)c(Cc2ccccc2F)c(N2CCN(C(=O)C(C)(C)C)CC2)n1. The van der Waals surface area contributed by atoms with Crippen molar-refractivity contribution in [1.29, 1.82) is 0 Å². The standard InChI is InChI=1S/C22H29FN4O/c1-15-18(14-17-8-6-7-9-19(17)23)20(25-16(2)24-15)26-10-12-27(13-11-26)21(28)22(3,4)5/h6-9H,10-14H2,1-5H3. The van der Waals surface area contributed by atoms with Crippen LogP contribution in [0.3, 0.4) is 0 Å². The molecule has 0 unspecified atom stereocenters. The number of rotatable bonds is 3. The second-order valence-corrected chi connectivity index (χ2v) is 8.46. The highest BCUT2D eigenvalue weighted by Crippen LogP contribution is 2.27. The molecular weight excluding hydrogens is 355 g/mol. The number of carbonyl (C=O) groups is 1. The Labute approximate surface area is 166 Å². The average molecular weight is 384 g/mol. The van der Waals surface area contributed by atoms with Gasteiger partial charge in [0.05, 0.1) is 0 Å². The summed E-state index contributed by atoms with van der Waals surface area (Å²) in [5.41, 5.74) is 2.09. The van der Waals surface area contributed by atoms with Crippen LogP contribution in [0.1, 0.15) is 43.4 Å². The summed E-state index contributed by atoms with van der Waals surface area (Å²) in [6.07, 6.45) is 0.454. The van der Waals surface area contributed by atoms with E-state index >= 15 is 0 Å². The van der Waals surface area contributed by atoms with Gasteiger partial charge >= 0.3 is 0 Å². The minimum Gasteiger partial charge on any atom is -0.353 e. The molecule has 2 heterocycles. The molecule has 0 saturated carbocycles. The van der Waals surface area contributed by atoms with Gasteiger partial charge in [0.15, 0.2) is 0 Å². The van der Waals surface area contributed by atoms with E-state index in [0.717, 1.165) is 17.1 Å². The maximum Gasteiger partial charge on any atom is 0.228 e. The molecule has 0 atom stereocenters. The number of amides is 1. The Morgan fingerprint density at radius 1 is 1.07 bits per heavy atom. The average Bonchev–Trinajstić information content (AvgIpc) is 2.64. The highest BCUT2D eigenvalue weighted by atomic mass is 19.1. The maximum absolute atomic E-state index is 14.2. The van der Waals surface area contributed by atoms with Crippen LogP contribution >= 0.6 is 0 Å². The third-order valence-electron chi connectivity index (χ3n) is 5.14. The summed E-state index contributed by atoms with van der Waals surface area (Å²) in [4.78, 5) is 25.9. The summed E-state index contributed by atoms with van der Waals surface area (Å²) in [6.45, 7) is 12.4. The Balaban J connectivity index is 1.85. The summed E-state index contributed by atoms with van der Waals surface area (Å²) in [6, 6.07) is 6.83. The fraction of sp³-hybridized carbons (Fsp3) is 0.500. The molecule has 1 fully saturated rings. The smallest absolute Gasteiger partial charge is 0.228 e. The van der Waals surface area contributed by atoms with E-state index in [-0.39, 0.29) is 17.1 Å². The van der Waals surface area contributed by atoms with Crippen molar-refractivity contribution in [3.05, 3.63) is 52.7 Å². The molecule has 2 aromatic rings. The van der Waals surface area contributed by atoms with E-state index in [0.29, 0.717) is 44.0 Å². The molecular formula is C22H29FN4O. The number of carbonyl (C=O) groups excluding carboxylic acids is 1. The van der Waals surface area contributed by atoms with Crippen molar-refractivity contribution in [3.63, 3.8) is 0 Å². The van der Waals surface area contributed by atoms with Crippen molar-refractivity contribution in [2.45, 2.75) is 41.0 Å². The molecule has 1 amide bonds. The van der Waals surface area contributed by atoms with Crippen molar-refractivity contribution < 1.29 is 9.18 Å². The summed E-state index contributed by atoms with van der Waals surface area (Å²) in [7, 11) is 0. The lowest BCUT2D eigenvalue weighted by Crippen LogP contribution is -2.52. The molecule has 0 aliphatic carbocycles. The van der Waals surface area contributed by atoms with E-state index in [1.54, 1.807) is 12.1 Å². The molecule has 0 N–H and O–H groups in total. The summed E-state index contributed by atoms with van der Waals surface area (Å²) in [5.74, 6) is 1.52. The van der Waals surface area contributed by atoms with Gasteiger partial charge in [-0.25, -0.2) is 14.4 Å². The van der Waals surface area contributed by atoms with Gasteiger partial charge in [0.1, 0.15) is 17.5 Å². The number of anilines is 1. The predicted octanol–water partition coefficient (Wildman–Crippen LogP) is 3.52. The highest BCUT2D eigenvalue weighted by Gasteiger charge is 2.30. The molecule has 5 nitrogen and oxygen atoms in total. The van der Waals surface area contributed by atoms with Crippen LogP contribution in [0.15, 0.2) is 24.3 Å². The van der Waals surface area contributed by atoms with Gasteiger partial charge < -0.3 is 9.80 Å². The first-order valence-corrected chi connectivity index (χ1v) is 9.78. The van der Waals surface area contributed by atoms with Gasteiger partial charge in [-0.15, -0.1) is 0 Å². The van der Waals surface area contributed by atoms with Crippen LogP contribution in [0.2, 0.25) is 0 Å². The van der Waals surface area contributed by atoms with Gasteiger partial charge in [-0.1, -0.05) is 39.0 Å². The first kappa shape index (κ1) is 20.2. The normalized spacial score (nSPS) is 15.1. The first-order chi connectivity index (χ1) is 13.2. The number of aromatic nitrogens is 2. The van der Waals surface area contributed by atoms with Crippen LogP contribution in [0.4, 0.5) is 10.2 Å². The monoisotopic (exact) mass is 384 g/mol. The van der Waals surface area contributed by atoms with E-state index in [2.05, 4.69) is 9.88 Å². The molecule has 3 rings (SSSR count). The second kappa shape index (κ2) is 7.86. The van der Waals surface area contributed by atoms with E-state index in [4.69, 9.17) is 4.98 Å². The lowest BCUT2D eigenvalue weighted by Gasteiger charge is -2.39. The molecule has 28 heavy (non-hydrogen) atoms. The van der Waals surface area contributed by atoms with Crippen molar-refractivity contribution in [1.82, 2.24) is 14.9 Å². The molecule has 0 radical (unpaired) electrons. The largest absolute Gasteiger partial charge is 0.353 e. The third-order valence-corrected chi connectivity index (χ3v) is 5.14. The van der Waals surface area contributed by atoms with E-state index in [1.807, 2.05) is 45.6 Å². The third kappa shape index (κ3) is 4.32. The van der Waals surface area contributed by atoms with Crippen LogP contribution in [-0.4, -0.2) is 47.0 Å². The molecule has 150 valence electrons. The van der Waals surface area contributed by atoms with Gasteiger partial charge in [-0.3, -0.25) is 4.79 Å². The number of aryl methyl sites for hydroxylation is 2. The quantitative estimate of drug-likeness (QED) is 0.812. The van der Waals surface area contributed by atoms with Crippen molar-refractivity contribution in [2.24, 2.45) is 5.41 Å². The number of piperazine rings is 1. The Kier molecular flexibility index (Phi) is 5.68. The first-order valence-electron chi connectivity index (χ1n) is 9.78. The summed E-state index contributed by atoms with van der Waals surface area (Å²) in [5, 5.41) is 0. The minimum atomic E-state index is -0.375. The van der Waals surface area contributed by atoms with E-state index in [1.165, 1.54) is 6.07 Å². The van der Waals surface area contributed by atoms with Crippen LogP contribution in [-0.2, 0) is 11.2 Å². The maximum atomic E-state index is 14.2. The van der Waals surface area contributed by atoms with E-state index in [9.17, 15) is 9.18 Å². The molecule has 1 aromatic heterocycles. The molecule has 6 heteroatoms. The molecule has 1 aromatic carbocycles. The number of hydrogen-bond donors (Lipinski definition) is 0. The Hall–Kier alpha value is -2.50. The Morgan fingerprint density at radius 2 is 1.71 bits per heavy atom. The van der Waals surface area contributed by atoms with Gasteiger partial charge in [0.25, 0.3) is 0 Å². The fourth-order valence-electron chi connectivity index (χ4n) is 3.61. The van der Waals surface area contributed by atoms with Crippen LogP contribution < -0.4 is 4.90 Å². The number of hydrogen-bond acceptors (Lipinski definition) is 4. The zero-order valence-corrected chi connectivity index (χ0v) is 17.4. The number of nitrogens with zero attached hydrogens (tertiary/aromatic N) is 4. The molecule has 1 saturated heterocycles. The zero-order valence-electron chi connectivity index (χ0n) is 17.4. The Bertz CT molecular complexity index is 867. The Morgan fingerprint density at radius 3 is 2.32 bits per heavy atom. The topological polar surface area (TPSA) is 49.3 Å². The predicted molar refractivity (Wildman–Crippen MR) is 109 cm³/mol. The number of halogens is 1. The summed E-state index contributed by atoms with van der Waals surface area (Å²) < 4.78 is 14.2. The minimum absolute atomic E-state index is 0.175. The van der Waals surface area contributed by atoms with Gasteiger partial charge in [-0.2, -0.15) is 0 Å². The lowest BCUT2D eigenvalue weighted by atomic mass is 9.94. The number of benzene rings is 1. The van der Waals surface area contributed by atoms with Crippen molar-refractivity contribution in [2.75, 3.05) is 31.1 Å². The highest BCUT2D eigenvalue weighted by molar-refractivity contribution is 5.81. The fourth-order valence-corrected chi connectivity index (χ4v) is 3.61. The van der Waals surface area contributed by atoms with Gasteiger partial charge in [0.2, 0.25) is 5.91 Å². The second-order valence-electron chi connectivity index (χ2n) is 8.46. The molecule has 1 aliphatic heterocycles. The zero-order chi connectivity index (χ0) is 20.5. The molecule has 1 aliphatic rings. The summed E-state index contributed by atoms with van der Waals surface area (Å²) >= 11 is 0. The molecule has 0 bridgehead atoms.